The summed E-state index contributed by atoms with van der Waals surface area (Å²) in [4.78, 5) is 2.44. The lowest BCUT2D eigenvalue weighted by atomic mass is 10.1. The topological polar surface area (TPSA) is 60.0 Å². The van der Waals surface area contributed by atoms with Crippen LogP contribution in [0.1, 0.15) is 19.0 Å². The Kier molecular flexibility index (Phi) is 3.69. The minimum Gasteiger partial charge on any atom is -0.325 e. The molecule has 1 aromatic rings. The van der Waals surface area contributed by atoms with E-state index < -0.39 is 0 Å². The van der Waals surface area contributed by atoms with Crippen molar-refractivity contribution in [2.75, 3.05) is 19.6 Å². The SMILES string of the molecule is CC1=CCCN(CCn2cc(CN)nn2)C1. The second kappa shape index (κ2) is 5.23. The van der Waals surface area contributed by atoms with Crippen molar-refractivity contribution in [3.8, 4) is 0 Å². The number of nitrogens with two attached hydrogens (primary N) is 1. The van der Waals surface area contributed by atoms with Crippen LogP contribution in [0, 0.1) is 0 Å². The Labute approximate surface area is 95.9 Å². The van der Waals surface area contributed by atoms with E-state index in [-0.39, 0.29) is 0 Å². The van der Waals surface area contributed by atoms with E-state index in [4.69, 9.17) is 5.73 Å². The monoisotopic (exact) mass is 221 g/mol. The molecule has 0 saturated heterocycles. The van der Waals surface area contributed by atoms with Gasteiger partial charge in [0, 0.05) is 32.4 Å². The number of aromatic nitrogens is 3. The summed E-state index contributed by atoms with van der Waals surface area (Å²) in [7, 11) is 0. The van der Waals surface area contributed by atoms with Gasteiger partial charge in [-0.2, -0.15) is 0 Å². The van der Waals surface area contributed by atoms with Crippen molar-refractivity contribution in [1.29, 1.82) is 0 Å². The Balaban J connectivity index is 1.81. The number of hydrogen-bond acceptors (Lipinski definition) is 4. The van der Waals surface area contributed by atoms with E-state index in [9.17, 15) is 0 Å². The van der Waals surface area contributed by atoms with E-state index in [2.05, 4.69) is 28.2 Å². The molecule has 0 saturated carbocycles. The van der Waals surface area contributed by atoms with Crippen LogP contribution in [-0.2, 0) is 13.1 Å². The van der Waals surface area contributed by atoms with Crippen LogP contribution in [0.5, 0.6) is 0 Å². The van der Waals surface area contributed by atoms with E-state index >= 15 is 0 Å². The highest BCUT2D eigenvalue weighted by molar-refractivity contribution is 5.04. The maximum absolute atomic E-state index is 5.49. The molecule has 2 rings (SSSR count). The fourth-order valence-electron chi connectivity index (χ4n) is 1.97. The highest BCUT2D eigenvalue weighted by atomic mass is 15.4. The Morgan fingerprint density at radius 1 is 1.44 bits per heavy atom. The quantitative estimate of drug-likeness (QED) is 0.747. The summed E-state index contributed by atoms with van der Waals surface area (Å²) >= 11 is 0. The number of hydrogen-bond donors (Lipinski definition) is 1. The normalized spacial score (nSPS) is 17.5. The fourth-order valence-corrected chi connectivity index (χ4v) is 1.97. The zero-order chi connectivity index (χ0) is 11.4. The van der Waals surface area contributed by atoms with Crippen molar-refractivity contribution >= 4 is 0 Å². The molecule has 88 valence electrons. The Hall–Kier alpha value is -1.20. The second-order valence-corrected chi connectivity index (χ2v) is 4.29. The molecular formula is C11H19N5. The first-order valence-electron chi connectivity index (χ1n) is 5.75. The maximum Gasteiger partial charge on any atom is 0.0962 e. The predicted molar refractivity (Wildman–Crippen MR) is 62.7 cm³/mol. The molecule has 0 atom stereocenters. The highest BCUT2D eigenvalue weighted by Gasteiger charge is 2.09. The van der Waals surface area contributed by atoms with Gasteiger partial charge in [-0.05, 0) is 13.3 Å². The van der Waals surface area contributed by atoms with Gasteiger partial charge in [0.05, 0.1) is 12.2 Å². The third-order valence-electron chi connectivity index (χ3n) is 2.85. The summed E-state index contributed by atoms with van der Waals surface area (Å²) in [5, 5.41) is 8.01. The molecule has 16 heavy (non-hydrogen) atoms. The Morgan fingerprint density at radius 2 is 2.31 bits per heavy atom. The molecule has 5 nitrogen and oxygen atoms in total. The van der Waals surface area contributed by atoms with Gasteiger partial charge in [0.25, 0.3) is 0 Å². The molecule has 1 aliphatic heterocycles. The smallest absolute Gasteiger partial charge is 0.0962 e. The molecule has 5 heteroatoms. The lowest BCUT2D eigenvalue weighted by Crippen LogP contribution is -2.32. The van der Waals surface area contributed by atoms with Gasteiger partial charge in [-0.1, -0.05) is 16.9 Å². The molecule has 0 unspecified atom stereocenters. The molecule has 1 aliphatic rings. The first-order valence-corrected chi connectivity index (χ1v) is 5.75. The van der Waals surface area contributed by atoms with E-state index in [0.717, 1.165) is 38.3 Å². The van der Waals surface area contributed by atoms with E-state index in [0.29, 0.717) is 6.54 Å². The van der Waals surface area contributed by atoms with Crippen molar-refractivity contribution in [1.82, 2.24) is 19.9 Å². The van der Waals surface area contributed by atoms with Crippen LogP contribution < -0.4 is 5.73 Å². The molecule has 2 N–H and O–H groups in total. The van der Waals surface area contributed by atoms with Gasteiger partial charge in [0.1, 0.15) is 0 Å². The molecule has 1 aromatic heterocycles. The first-order chi connectivity index (χ1) is 7.78. The molecular weight excluding hydrogens is 202 g/mol. The molecule has 0 aromatic carbocycles. The van der Waals surface area contributed by atoms with Gasteiger partial charge in [0.2, 0.25) is 0 Å². The standard InChI is InChI=1S/C11H19N5/c1-10-3-2-4-15(8-10)5-6-16-9-11(7-12)13-14-16/h3,9H,2,4-8,12H2,1H3. The zero-order valence-electron chi connectivity index (χ0n) is 9.76. The number of rotatable bonds is 4. The molecule has 0 aliphatic carbocycles. The van der Waals surface area contributed by atoms with Crippen molar-refractivity contribution in [3.63, 3.8) is 0 Å². The number of nitrogens with zero attached hydrogens (tertiary/aromatic N) is 4. The Morgan fingerprint density at radius 3 is 3.00 bits per heavy atom. The summed E-state index contributed by atoms with van der Waals surface area (Å²) in [6.07, 6.45) is 5.41. The van der Waals surface area contributed by atoms with Crippen LogP contribution in [0.15, 0.2) is 17.8 Å². The maximum atomic E-state index is 5.49. The van der Waals surface area contributed by atoms with Gasteiger partial charge in [-0.15, -0.1) is 5.10 Å². The summed E-state index contributed by atoms with van der Waals surface area (Å²) in [6, 6.07) is 0. The summed E-state index contributed by atoms with van der Waals surface area (Å²) in [6.45, 7) is 6.80. The molecule has 0 radical (unpaired) electrons. The van der Waals surface area contributed by atoms with Crippen LogP contribution in [0.3, 0.4) is 0 Å². The lowest BCUT2D eigenvalue weighted by molar-refractivity contribution is 0.272. The van der Waals surface area contributed by atoms with Crippen LogP contribution in [-0.4, -0.2) is 39.5 Å². The summed E-state index contributed by atoms with van der Waals surface area (Å²) in [5.41, 5.74) is 7.81. The van der Waals surface area contributed by atoms with Crippen molar-refractivity contribution in [2.24, 2.45) is 5.73 Å². The largest absolute Gasteiger partial charge is 0.325 e. The van der Waals surface area contributed by atoms with Crippen LogP contribution >= 0.6 is 0 Å². The fraction of sp³-hybridized carbons (Fsp3) is 0.636. The molecule has 0 fully saturated rings. The molecule has 0 spiro atoms. The van der Waals surface area contributed by atoms with Crippen molar-refractivity contribution in [3.05, 3.63) is 23.5 Å². The van der Waals surface area contributed by atoms with Gasteiger partial charge >= 0.3 is 0 Å². The van der Waals surface area contributed by atoms with Gasteiger partial charge in [-0.25, -0.2) is 0 Å². The van der Waals surface area contributed by atoms with Crippen LogP contribution in [0.4, 0.5) is 0 Å². The highest BCUT2D eigenvalue weighted by Crippen LogP contribution is 2.08. The zero-order valence-corrected chi connectivity index (χ0v) is 9.76. The van der Waals surface area contributed by atoms with E-state index in [1.165, 1.54) is 5.57 Å². The average Bonchev–Trinajstić information content (AvgIpc) is 2.74. The minimum atomic E-state index is 0.464. The van der Waals surface area contributed by atoms with Crippen molar-refractivity contribution < 1.29 is 0 Å². The molecule has 2 heterocycles. The van der Waals surface area contributed by atoms with E-state index in [1.807, 2.05) is 10.9 Å². The second-order valence-electron chi connectivity index (χ2n) is 4.29. The predicted octanol–water partition coefficient (Wildman–Crippen LogP) is 0.389. The summed E-state index contributed by atoms with van der Waals surface area (Å²) in [5.74, 6) is 0. The Bertz CT molecular complexity index is 368. The van der Waals surface area contributed by atoms with E-state index in [1.54, 1.807) is 0 Å². The third kappa shape index (κ3) is 2.90. The average molecular weight is 221 g/mol. The molecule has 0 amide bonds. The summed E-state index contributed by atoms with van der Waals surface area (Å²) < 4.78 is 1.87. The minimum absolute atomic E-state index is 0.464. The third-order valence-corrected chi connectivity index (χ3v) is 2.85. The molecule has 0 bridgehead atoms. The van der Waals surface area contributed by atoms with Crippen LogP contribution in [0.2, 0.25) is 0 Å². The van der Waals surface area contributed by atoms with Gasteiger partial charge in [-0.3, -0.25) is 9.58 Å². The van der Waals surface area contributed by atoms with Crippen LogP contribution in [0.25, 0.3) is 0 Å². The lowest BCUT2D eigenvalue weighted by Gasteiger charge is -2.25. The first kappa shape index (κ1) is 11.3. The van der Waals surface area contributed by atoms with Gasteiger partial charge < -0.3 is 5.73 Å². The van der Waals surface area contributed by atoms with Gasteiger partial charge in [0.15, 0.2) is 0 Å². The van der Waals surface area contributed by atoms with Crippen molar-refractivity contribution in [2.45, 2.75) is 26.4 Å².